The van der Waals surface area contributed by atoms with Gasteiger partial charge in [0.1, 0.15) is 11.9 Å². The highest BCUT2D eigenvalue weighted by Crippen LogP contribution is 2.27. The minimum atomic E-state index is -0.0706. The van der Waals surface area contributed by atoms with Crippen molar-refractivity contribution in [3.05, 3.63) is 47.7 Å². The molecule has 1 aromatic carbocycles. The summed E-state index contributed by atoms with van der Waals surface area (Å²) in [5.41, 5.74) is 1.61. The Morgan fingerprint density at radius 1 is 1.22 bits per heavy atom. The zero-order valence-electron chi connectivity index (χ0n) is 15.5. The summed E-state index contributed by atoms with van der Waals surface area (Å²) in [6, 6.07) is 11.3. The fraction of sp³-hybridized carbons (Fsp3) is 0.350. The largest absolute Gasteiger partial charge is 0.493 e. The van der Waals surface area contributed by atoms with E-state index in [4.69, 9.17) is 9.47 Å². The van der Waals surface area contributed by atoms with Crippen LogP contribution in [0.2, 0.25) is 0 Å². The Labute approximate surface area is 158 Å². The van der Waals surface area contributed by atoms with E-state index in [-0.39, 0.29) is 12.5 Å². The van der Waals surface area contributed by atoms with Gasteiger partial charge in [0.2, 0.25) is 0 Å². The molecule has 3 rings (SSSR count). The second-order valence-electron chi connectivity index (χ2n) is 6.30. The minimum absolute atomic E-state index is 0.0353. The second kappa shape index (κ2) is 8.41. The van der Waals surface area contributed by atoms with Crippen LogP contribution in [-0.2, 0) is 4.79 Å². The van der Waals surface area contributed by atoms with Crippen LogP contribution in [0.3, 0.4) is 0 Å². The Kier molecular flexibility index (Phi) is 5.77. The summed E-state index contributed by atoms with van der Waals surface area (Å²) in [5, 5.41) is 9.22. The average molecular weight is 366 g/mol. The van der Waals surface area contributed by atoms with Crippen molar-refractivity contribution in [2.45, 2.75) is 6.92 Å². The Morgan fingerprint density at radius 2 is 2.00 bits per heavy atom. The normalized spacial score (nSPS) is 13.8. The molecular formula is C20H22N4O3. The summed E-state index contributed by atoms with van der Waals surface area (Å²) in [4.78, 5) is 20.6. The van der Waals surface area contributed by atoms with Crippen LogP contribution < -0.4 is 14.4 Å². The van der Waals surface area contributed by atoms with Crippen molar-refractivity contribution >= 4 is 11.7 Å². The summed E-state index contributed by atoms with van der Waals surface area (Å²) in [7, 11) is 1.58. The maximum atomic E-state index is 12.5. The summed E-state index contributed by atoms with van der Waals surface area (Å²) in [6.45, 7) is 4.32. The van der Waals surface area contributed by atoms with Crippen molar-refractivity contribution in [3.8, 4) is 17.6 Å². The number of methoxy groups -OCH3 is 1. The fourth-order valence-electron chi connectivity index (χ4n) is 3.03. The van der Waals surface area contributed by atoms with Gasteiger partial charge in [-0.3, -0.25) is 4.79 Å². The van der Waals surface area contributed by atoms with Crippen LogP contribution in [0.25, 0.3) is 0 Å². The number of nitrogens with zero attached hydrogens (tertiary/aromatic N) is 4. The molecular weight excluding hydrogens is 344 g/mol. The van der Waals surface area contributed by atoms with Crippen molar-refractivity contribution in [2.24, 2.45) is 0 Å². The highest BCUT2D eigenvalue weighted by Gasteiger charge is 2.23. The van der Waals surface area contributed by atoms with E-state index in [1.54, 1.807) is 30.3 Å². The molecule has 0 bridgehead atoms. The van der Waals surface area contributed by atoms with Gasteiger partial charge in [-0.1, -0.05) is 6.07 Å². The first-order valence-corrected chi connectivity index (χ1v) is 8.77. The van der Waals surface area contributed by atoms with Crippen molar-refractivity contribution in [2.75, 3.05) is 44.8 Å². The minimum Gasteiger partial charge on any atom is -0.493 e. The molecule has 0 saturated carbocycles. The zero-order valence-corrected chi connectivity index (χ0v) is 15.5. The van der Waals surface area contributed by atoms with Crippen LogP contribution in [-0.4, -0.2) is 55.7 Å². The molecule has 1 aliphatic heterocycles. The highest BCUT2D eigenvalue weighted by atomic mass is 16.5. The number of carbonyl (C=O) groups is 1. The second-order valence-corrected chi connectivity index (χ2v) is 6.30. The molecule has 27 heavy (non-hydrogen) atoms. The van der Waals surface area contributed by atoms with Crippen LogP contribution in [0.15, 0.2) is 36.5 Å². The first kappa shape index (κ1) is 18.5. The molecule has 7 heteroatoms. The van der Waals surface area contributed by atoms with Gasteiger partial charge in [-0.25, -0.2) is 4.98 Å². The number of hydrogen-bond acceptors (Lipinski definition) is 6. The monoisotopic (exact) mass is 366 g/mol. The van der Waals surface area contributed by atoms with E-state index in [2.05, 4.69) is 11.1 Å². The molecule has 0 radical (unpaired) electrons. The number of aromatic nitrogens is 1. The van der Waals surface area contributed by atoms with E-state index in [1.807, 2.05) is 30.0 Å². The summed E-state index contributed by atoms with van der Waals surface area (Å²) < 4.78 is 11.0. The molecule has 140 valence electrons. The molecule has 1 fully saturated rings. The lowest BCUT2D eigenvalue weighted by Crippen LogP contribution is -2.50. The number of hydrogen-bond donors (Lipinski definition) is 0. The van der Waals surface area contributed by atoms with Gasteiger partial charge in [0.25, 0.3) is 5.91 Å². The molecule has 1 aliphatic rings. The molecule has 2 aromatic rings. The topological polar surface area (TPSA) is 78.7 Å². The quantitative estimate of drug-likeness (QED) is 0.805. The SMILES string of the molecule is COc1cc(C)ccc1OCC(=O)N1CCN(c2ncccc2C#N)CC1. The number of ether oxygens (including phenoxy) is 2. The molecule has 0 N–H and O–H groups in total. The standard InChI is InChI=1S/C20H22N4O3/c1-15-5-6-17(18(12-15)26-2)27-14-19(25)23-8-10-24(11-9-23)20-16(13-21)4-3-7-22-20/h3-7,12H,8-11,14H2,1-2H3. The number of piperazine rings is 1. The van der Waals surface area contributed by atoms with E-state index in [0.717, 1.165) is 5.56 Å². The molecule has 7 nitrogen and oxygen atoms in total. The number of benzene rings is 1. The van der Waals surface area contributed by atoms with E-state index >= 15 is 0 Å². The van der Waals surface area contributed by atoms with Crippen LogP contribution in [0.1, 0.15) is 11.1 Å². The first-order chi connectivity index (χ1) is 13.1. The number of rotatable bonds is 5. The number of pyridine rings is 1. The van der Waals surface area contributed by atoms with Gasteiger partial charge in [-0.2, -0.15) is 5.26 Å². The zero-order chi connectivity index (χ0) is 19.2. The Hall–Kier alpha value is -3.27. The van der Waals surface area contributed by atoms with Crippen LogP contribution in [0.4, 0.5) is 5.82 Å². The number of carbonyl (C=O) groups excluding carboxylic acids is 1. The van der Waals surface area contributed by atoms with E-state index in [0.29, 0.717) is 49.1 Å². The summed E-state index contributed by atoms with van der Waals surface area (Å²) in [5.74, 6) is 1.78. The smallest absolute Gasteiger partial charge is 0.260 e. The molecule has 0 atom stereocenters. The van der Waals surface area contributed by atoms with Gasteiger partial charge < -0.3 is 19.3 Å². The maximum Gasteiger partial charge on any atom is 0.260 e. The number of aryl methyl sites for hydroxylation is 1. The summed E-state index contributed by atoms with van der Waals surface area (Å²) in [6.07, 6.45) is 1.68. The lowest BCUT2D eigenvalue weighted by Gasteiger charge is -2.35. The Balaban J connectivity index is 1.55. The number of nitriles is 1. The van der Waals surface area contributed by atoms with E-state index in [1.165, 1.54) is 0 Å². The lowest BCUT2D eigenvalue weighted by atomic mass is 10.2. The van der Waals surface area contributed by atoms with Gasteiger partial charge in [0.05, 0.1) is 12.7 Å². The fourth-order valence-corrected chi connectivity index (χ4v) is 3.03. The Morgan fingerprint density at radius 3 is 2.70 bits per heavy atom. The molecule has 0 spiro atoms. The van der Waals surface area contributed by atoms with Crippen molar-refractivity contribution in [1.82, 2.24) is 9.88 Å². The van der Waals surface area contributed by atoms with Gasteiger partial charge in [0, 0.05) is 32.4 Å². The molecule has 0 aliphatic carbocycles. The molecule has 1 aromatic heterocycles. The van der Waals surface area contributed by atoms with Gasteiger partial charge in [0.15, 0.2) is 18.1 Å². The van der Waals surface area contributed by atoms with Crippen LogP contribution in [0.5, 0.6) is 11.5 Å². The molecule has 1 amide bonds. The van der Waals surface area contributed by atoms with Crippen molar-refractivity contribution < 1.29 is 14.3 Å². The number of anilines is 1. The highest BCUT2D eigenvalue weighted by molar-refractivity contribution is 5.78. The molecule has 0 unspecified atom stereocenters. The third-order valence-electron chi connectivity index (χ3n) is 4.51. The van der Waals surface area contributed by atoms with Crippen LogP contribution >= 0.6 is 0 Å². The van der Waals surface area contributed by atoms with Crippen molar-refractivity contribution in [3.63, 3.8) is 0 Å². The van der Waals surface area contributed by atoms with Crippen LogP contribution in [0, 0.1) is 18.3 Å². The first-order valence-electron chi connectivity index (χ1n) is 8.77. The van der Waals surface area contributed by atoms with Gasteiger partial charge >= 0.3 is 0 Å². The van der Waals surface area contributed by atoms with Gasteiger partial charge in [-0.15, -0.1) is 0 Å². The number of amides is 1. The third kappa shape index (κ3) is 4.29. The predicted molar refractivity (Wildman–Crippen MR) is 101 cm³/mol. The molecule has 1 saturated heterocycles. The van der Waals surface area contributed by atoms with Crippen molar-refractivity contribution in [1.29, 1.82) is 5.26 Å². The lowest BCUT2D eigenvalue weighted by molar-refractivity contribution is -0.133. The molecule has 2 heterocycles. The third-order valence-corrected chi connectivity index (χ3v) is 4.51. The summed E-state index contributed by atoms with van der Waals surface area (Å²) >= 11 is 0. The van der Waals surface area contributed by atoms with Gasteiger partial charge in [-0.05, 0) is 36.8 Å². The maximum absolute atomic E-state index is 12.5. The predicted octanol–water partition coefficient (Wildman–Crippen LogP) is 2.00. The average Bonchev–Trinajstić information content (AvgIpc) is 2.72. The van der Waals surface area contributed by atoms with E-state index < -0.39 is 0 Å². The Bertz CT molecular complexity index is 855. The van der Waals surface area contributed by atoms with E-state index in [9.17, 15) is 10.1 Å².